The van der Waals surface area contributed by atoms with Crippen molar-refractivity contribution in [2.75, 3.05) is 26.2 Å². The summed E-state index contributed by atoms with van der Waals surface area (Å²) in [6.07, 6.45) is 2.21. The summed E-state index contributed by atoms with van der Waals surface area (Å²) >= 11 is 0. The van der Waals surface area contributed by atoms with Gasteiger partial charge in [0.15, 0.2) is 0 Å². The third-order valence-corrected chi connectivity index (χ3v) is 3.91. The molecule has 1 unspecified atom stereocenters. The topological polar surface area (TPSA) is 64.6 Å². The SMILES string of the molecule is C=C(C)CN1CCC(NC(=O)NCCC(O)C(C)C)CC1. The molecule has 5 heteroatoms. The Balaban J connectivity index is 2.14. The van der Waals surface area contributed by atoms with Crippen LogP contribution in [-0.4, -0.2) is 54.4 Å². The summed E-state index contributed by atoms with van der Waals surface area (Å²) in [5.74, 6) is 0.229. The molecule has 1 atom stereocenters. The maximum Gasteiger partial charge on any atom is 0.315 e. The first-order valence-corrected chi connectivity index (χ1v) is 7.97. The molecule has 5 nitrogen and oxygen atoms in total. The van der Waals surface area contributed by atoms with E-state index in [1.165, 1.54) is 5.57 Å². The van der Waals surface area contributed by atoms with Gasteiger partial charge in [-0.15, -0.1) is 0 Å². The number of hydrogen-bond donors (Lipinski definition) is 3. The maximum atomic E-state index is 11.8. The average Bonchev–Trinajstić information content (AvgIpc) is 2.40. The Morgan fingerprint density at radius 3 is 2.52 bits per heavy atom. The monoisotopic (exact) mass is 297 g/mol. The van der Waals surface area contributed by atoms with Gasteiger partial charge in [0.2, 0.25) is 0 Å². The summed E-state index contributed by atoms with van der Waals surface area (Å²) in [6, 6.07) is 0.130. The summed E-state index contributed by atoms with van der Waals surface area (Å²) in [4.78, 5) is 14.2. The molecule has 1 rings (SSSR count). The number of nitrogens with one attached hydrogen (secondary N) is 2. The van der Waals surface area contributed by atoms with Gasteiger partial charge in [-0.05, 0) is 32.1 Å². The van der Waals surface area contributed by atoms with Crippen molar-refractivity contribution < 1.29 is 9.90 Å². The van der Waals surface area contributed by atoms with E-state index in [0.717, 1.165) is 32.5 Å². The lowest BCUT2D eigenvalue weighted by atomic mass is 10.0. The van der Waals surface area contributed by atoms with E-state index >= 15 is 0 Å². The van der Waals surface area contributed by atoms with Crippen molar-refractivity contribution in [1.29, 1.82) is 0 Å². The van der Waals surface area contributed by atoms with E-state index in [9.17, 15) is 9.90 Å². The van der Waals surface area contributed by atoms with Gasteiger partial charge in [0.1, 0.15) is 0 Å². The van der Waals surface area contributed by atoms with Gasteiger partial charge in [-0.1, -0.05) is 26.0 Å². The lowest BCUT2D eigenvalue weighted by molar-refractivity contribution is 0.116. The van der Waals surface area contributed by atoms with Gasteiger partial charge in [-0.3, -0.25) is 4.90 Å². The molecular weight excluding hydrogens is 266 g/mol. The van der Waals surface area contributed by atoms with Gasteiger partial charge in [0.05, 0.1) is 6.10 Å². The Morgan fingerprint density at radius 2 is 2.00 bits per heavy atom. The predicted molar refractivity (Wildman–Crippen MR) is 86.3 cm³/mol. The molecule has 0 spiro atoms. The maximum absolute atomic E-state index is 11.8. The Hall–Kier alpha value is -1.07. The first-order chi connectivity index (χ1) is 9.88. The minimum Gasteiger partial charge on any atom is -0.393 e. The van der Waals surface area contributed by atoms with E-state index in [0.29, 0.717) is 13.0 Å². The van der Waals surface area contributed by atoms with E-state index in [4.69, 9.17) is 0 Å². The van der Waals surface area contributed by atoms with Crippen molar-refractivity contribution in [3.05, 3.63) is 12.2 Å². The molecule has 0 aromatic carbocycles. The van der Waals surface area contributed by atoms with Gasteiger partial charge in [-0.25, -0.2) is 4.79 Å². The quantitative estimate of drug-likeness (QED) is 0.627. The third kappa shape index (κ3) is 7.48. The van der Waals surface area contributed by atoms with Gasteiger partial charge in [-0.2, -0.15) is 0 Å². The molecule has 0 aromatic rings. The minimum atomic E-state index is -0.351. The zero-order valence-corrected chi connectivity index (χ0v) is 13.7. The van der Waals surface area contributed by atoms with Crippen LogP contribution in [0.2, 0.25) is 0 Å². The van der Waals surface area contributed by atoms with Gasteiger partial charge >= 0.3 is 6.03 Å². The molecule has 2 amide bonds. The van der Waals surface area contributed by atoms with Gasteiger partial charge in [0, 0.05) is 32.2 Å². The molecule has 1 aliphatic rings. The highest BCUT2D eigenvalue weighted by Gasteiger charge is 2.20. The van der Waals surface area contributed by atoms with Crippen molar-refractivity contribution in [3.8, 4) is 0 Å². The fourth-order valence-corrected chi connectivity index (χ4v) is 2.52. The van der Waals surface area contributed by atoms with Crippen molar-refractivity contribution in [2.45, 2.75) is 52.2 Å². The van der Waals surface area contributed by atoms with Crippen LogP contribution >= 0.6 is 0 Å². The second kappa shape index (κ2) is 9.05. The first-order valence-electron chi connectivity index (χ1n) is 7.97. The normalized spacial score (nSPS) is 18.5. The highest BCUT2D eigenvalue weighted by Crippen LogP contribution is 2.11. The number of nitrogens with zero attached hydrogens (tertiary/aromatic N) is 1. The van der Waals surface area contributed by atoms with Crippen molar-refractivity contribution in [1.82, 2.24) is 15.5 Å². The Kier molecular flexibility index (Phi) is 7.75. The van der Waals surface area contributed by atoms with Gasteiger partial charge < -0.3 is 15.7 Å². The molecule has 1 fully saturated rings. The third-order valence-electron chi connectivity index (χ3n) is 3.91. The van der Waals surface area contributed by atoms with Crippen LogP contribution in [0.4, 0.5) is 4.79 Å². The number of rotatable bonds is 7. The van der Waals surface area contributed by atoms with Crippen LogP contribution in [0, 0.1) is 5.92 Å². The molecule has 1 heterocycles. The molecule has 122 valence electrons. The smallest absolute Gasteiger partial charge is 0.315 e. The molecule has 1 saturated heterocycles. The fraction of sp³-hybridized carbons (Fsp3) is 0.812. The summed E-state index contributed by atoms with van der Waals surface area (Å²) in [6.45, 7) is 13.4. The lowest BCUT2D eigenvalue weighted by Gasteiger charge is -2.32. The van der Waals surface area contributed by atoms with Crippen LogP contribution in [0.25, 0.3) is 0 Å². The Morgan fingerprint density at radius 1 is 1.38 bits per heavy atom. The highest BCUT2D eigenvalue weighted by atomic mass is 16.3. The van der Waals surface area contributed by atoms with Crippen LogP contribution in [0.5, 0.6) is 0 Å². The molecule has 21 heavy (non-hydrogen) atoms. The Labute approximate surface area is 128 Å². The standard InChI is InChI=1S/C16H31N3O2/c1-12(2)11-19-9-6-14(7-10-19)18-16(21)17-8-5-15(20)13(3)4/h13-15,20H,1,5-11H2,2-4H3,(H2,17,18,21). The van der Waals surface area contributed by atoms with E-state index in [2.05, 4.69) is 22.1 Å². The zero-order valence-electron chi connectivity index (χ0n) is 13.7. The van der Waals surface area contributed by atoms with E-state index < -0.39 is 0 Å². The summed E-state index contributed by atoms with van der Waals surface area (Å²) in [5, 5.41) is 15.5. The predicted octanol–water partition coefficient (Wildman–Crippen LogP) is 1.73. The lowest BCUT2D eigenvalue weighted by Crippen LogP contribution is -2.48. The molecule has 3 N–H and O–H groups in total. The summed E-state index contributed by atoms with van der Waals surface area (Å²) in [7, 11) is 0. The largest absolute Gasteiger partial charge is 0.393 e. The average molecular weight is 297 g/mol. The second-order valence-corrected chi connectivity index (χ2v) is 6.51. The number of carbonyl (C=O) groups is 1. The van der Waals surface area contributed by atoms with E-state index in [1.54, 1.807) is 0 Å². The molecule has 0 aromatic heterocycles. The molecule has 0 saturated carbocycles. The molecule has 0 aliphatic carbocycles. The second-order valence-electron chi connectivity index (χ2n) is 6.51. The van der Waals surface area contributed by atoms with Crippen LogP contribution in [-0.2, 0) is 0 Å². The Bertz CT molecular complexity index is 336. The number of carbonyl (C=O) groups excluding carboxylic acids is 1. The molecular formula is C16H31N3O2. The molecule has 1 aliphatic heterocycles. The molecule has 0 radical (unpaired) electrons. The van der Waals surface area contributed by atoms with Crippen LogP contribution in [0.1, 0.15) is 40.0 Å². The van der Waals surface area contributed by atoms with Crippen LogP contribution in [0.15, 0.2) is 12.2 Å². The number of hydrogen-bond acceptors (Lipinski definition) is 3. The van der Waals surface area contributed by atoms with Crippen molar-refractivity contribution in [2.24, 2.45) is 5.92 Å². The number of amides is 2. The molecule has 0 bridgehead atoms. The van der Waals surface area contributed by atoms with E-state index in [-0.39, 0.29) is 24.1 Å². The fourth-order valence-electron chi connectivity index (χ4n) is 2.52. The number of urea groups is 1. The number of aliphatic hydroxyl groups is 1. The van der Waals surface area contributed by atoms with Gasteiger partial charge in [0.25, 0.3) is 0 Å². The van der Waals surface area contributed by atoms with Crippen molar-refractivity contribution >= 4 is 6.03 Å². The highest BCUT2D eigenvalue weighted by molar-refractivity contribution is 5.74. The van der Waals surface area contributed by atoms with Crippen molar-refractivity contribution in [3.63, 3.8) is 0 Å². The number of piperidine rings is 1. The van der Waals surface area contributed by atoms with E-state index in [1.807, 2.05) is 20.8 Å². The van der Waals surface area contributed by atoms with Crippen LogP contribution in [0.3, 0.4) is 0 Å². The van der Waals surface area contributed by atoms with Crippen LogP contribution < -0.4 is 10.6 Å². The number of aliphatic hydroxyl groups excluding tert-OH is 1. The summed E-state index contributed by atoms with van der Waals surface area (Å²) < 4.78 is 0. The minimum absolute atomic E-state index is 0.121. The first kappa shape index (κ1) is 18.0. The number of likely N-dealkylation sites (tertiary alicyclic amines) is 1. The summed E-state index contributed by atoms with van der Waals surface area (Å²) in [5.41, 5.74) is 1.18. The zero-order chi connectivity index (χ0) is 15.8.